The molecule has 0 aromatic carbocycles. The van der Waals surface area contributed by atoms with Crippen molar-refractivity contribution in [2.45, 2.75) is 75.7 Å². The fourth-order valence-electron chi connectivity index (χ4n) is 3.07. The van der Waals surface area contributed by atoms with E-state index in [0.717, 1.165) is 31.4 Å². The number of ether oxygens (including phenoxy) is 1. The van der Waals surface area contributed by atoms with Crippen molar-refractivity contribution in [1.82, 2.24) is 5.16 Å². The van der Waals surface area contributed by atoms with Crippen LogP contribution < -0.4 is 5.32 Å². The topological polar surface area (TPSA) is 81.4 Å². The zero-order valence-corrected chi connectivity index (χ0v) is 16.7. The molecular formula is C18H30N2O4S. The molecule has 7 heteroatoms. The van der Waals surface area contributed by atoms with Gasteiger partial charge in [-0.3, -0.25) is 14.3 Å². The monoisotopic (exact) mass is 370 g/mol. The molecule has 1 aromatic heterocycles. The molecule has 142 valence electrons. The summed E-state index contributed by atoms with van der Waals surface area (Å²) in [6, 6.07) is 1.76. The number of amides is 1. The highest BCUT2D eigenvalue weighted by Gasteiger charge is 2.40. The van der Waals surface area contributed by atoms with E-state index in [2.05, 4.69) is 31.2 Å². The van der Waals surface area contributed by atoms with E-state index in [1.54, 1.807) is 19.9 Å². The third-order valence-electron chi connectivity index (χ3n) is 4.84. The number of nitrogens with one attached hydrogen (secondary N) is 1. The molecule has 1 N–H and O–H groups in total. The largest absolute Gasteiger partial charge is 0.381 e. The lowest BCUT2D eigenvalue weighted by atomic mass is 9.85. The van der Waals surface area contributed by atoms with E-state index in [1.807, 2.05) is 0 Å². The smallest absolute Gasteiger partial charge is 0.245 e. The summed E-state index contributed by atoms with van der Waals surface area (Å²) in [6.45, 7) is 11.0. The summed E-state index contributed by atoms with van der Waals surface area (Å²) >= 11 is 0. The van der Waals surface area contributed by atoms with Crippen LogP contribution in [-0.2, 0) is 25.7 Å². The maximum Gasteiger partial charge on any atom is 0.245 e. The summed E-state index contributed by atoms with van der Waals surface area (Å²) in [5.74, 6) is -0.00504. The Hall–Kier alpha value is -1.21. The molecule has 1 aliphatic heterocycles. The van der Waals surface area contributed by atoms with Gasteiger partial charge in [-0.05, 0) is 33.1 Å². The van der Waals surface area contributed by atoms with Gasteiger partial charge in [0.2, 0.25) is 11.8 Å². The average molecular weight is 371 g/mol. The molecule has 1 fully saturated rings. The Morgan fingerprint density at radius 1 is 1.32 bits per heavy atom. The van der Waals surface area contributed by atoms with Crippen molar-refractivity contribution < 1.29 is 18.3 Å². The summed E-state index contributed by atoms with van der Waals surface area (Å²) < 4.78 is 22.4. The van der Waals surface area contributed by atoms with Crippen LogP contribution in [0.5, 0.6) is 0 Å². The predicted octanol–water partition coefficient (Wildman–Crippen LogP) is 3.40. The Morgan fingerprint density at radius 3 is 2.56 bits per heavy atom. The second-order valence-corrected chi connectivity index (χ2v) is 10.1. The van der Waals surface area contributed by atoms with Crippen molar-refractivity contribution in [3.63, 3.8) is 0 Å². The highest BCUT2D eigenvalue weighted by atomic mass is 32.2. The number of hydrogen-bond donors (Lipinski definition) is 1. The van der Waals surface area contributed by atoms with Crippen molar-refractivity contribution in [3.8, 4) is 0 Å². The molecule has 1 saturated heterocycles. The summed E-state index contributed by atoms with van der Waals surface area (Å²) in [6.07, 6.45) is 3.47. The van der Waals surface area contributed by atoms with Gasteiger partial charge in [-0.1, -0.05) is 32.3 Å². The Labute approximate surface area is 152 Å². The molecule has 1 aromatic rings. The van der Waals surface area contributed by atoms with Crippen molar-refractivity contribution in [2.75, 3.05) is 18.5 Å². The van der Waals surface area contributed by atoms with Crippen LogP contribution in [0, 0.1) is 0 Å². The number of anilines is 1. The Morgan fingerprint density at radius 2 is 1.96 bits per heavy atom. The Balaban J connectivity index is 2.05. The van der Waals surface area contributed by atoms with Crippen LogP contribution in [0.1, 0.15) is 66.0 Å². The molecule has 1 atom stereocenters. The molecule has 0 bridgehead atoms. The number of hydrogen-bond acceptors (Lipinski definition) is 5. The normalized spacial score (nSPS) is 18.1. The fourth-order valence-corrected chi connectivity index (χ4v) is 4.75. The molecule has 0 radical (unpaired) electrons. The molecule has 2 heterocycles. The Bertz CT molecular complexity index is 618. The number of rotatable bonds is 7. The van der Waals surface area contributed by atoms with Gasteiger partial charge in [0, 0.05) is 40.7 Å². The van der Waals surface area contributed by atoms with Gasteiger partial charge in [0.15, 0.2) is 0 Å². The van der Waals surface area contributed by atoms with Gasteiger partial charge < -0.3 is 9.26 Å². The van der Waals surface area contributed by atoms with E-state index >= 15 is 0 Å². The molecule has 0 spiro atoms. The van der Waals surface area contributed by atoms with Crippen molar-refractivity contribution in [2.24, 2.45) is 0 Å². The van der Waals surface area contributed by atoms with E-state index in [9.17, 15) is 9.00 Å². The SMILES string of the molecule is CCCC(C)(C)c1cc(NC(=O)C(C)(C)S(=O)C2CCOCC2)on1. The zero-order chi connectivity index (χ0) is 18.7. The second kappa shape index (κ2) is 7.99. The van der Waals surface area contributed by atoms with Gasteiger partial charge in [-0.25, -0.2) is 0 Å². The summed E-state index contributed by atoms with van der Waals surface area (Å²) in [4.78, 5) is 12.7. The number of aromatic nitrogens is 1. The van der Waals surface area contributed by atoms with Crippen molar-refractivity contribution >= 4 is 22.6 Å². The van der Waals surface area contributed by atoms with Gasteiger partial charge in [-0.15, -0.1) is 0 Å². The van der Waals surface area contributed by atoms with E-state index in [4.69, 9.17) is 9.26 Å². The quantitative estimate of drug-likeness (QED) is 0.795. The number of carbonyl (C=O) groups is 1. The Kier molecular flexibility index (Phi) is 6.43. The summed E-state index contributed by atoms with van der Waals surface area (Å²) in [5.41, 5.74) is 0.704. The molecule has 2 rings (SSSR count). The summed E-state index contributed by atoms with van der Waals surface area (Å²) in [7, 11) is -1.29. The van der Waals surface area contributed by atoms with Crippen LogP contribution in [0.4, 0.5) is 5.88 Å². The molecule has 0 aliphatic carbocycles. The van der Waals surface area contributed by atoms with Gasteiger partial charge in [-0.2, -0.15) is 0 Å². The third-order valence-corrected chi connectivity index (χ3v) is 7.10. The van der Waals surface area contributed by atoms with E-state index < -0.39 is 15.5 Å². The first kappa shape index (κ1) is 20.1. The standard InChI is InChI=1S/C18H30N2O4S/c1-6-9-17(2,3)14-12-15(24-20-14)19-16(21)18(4,5)25(22)13-7-10-23-11-8-13/h12-13H,6-11H2,1-5H3,(H,19,21). The highest BCUT2D eigenvalue weighted by Crippen LogP contribution is 2.30. The van der Waals surface area contributed by atoms with E-state index in [-0.39, 0.29) is 16.6 Å². The molecule has 6 nitrogen and oxygen atoms in total. The van der Waals surface area contributed by atoms with Crippen LogP contribution in [0.2, 0.25) is 0 Å². The van der Waals surface area contributed by atoms with Crippen molar-refractivity contribution in [1.29, 1.82) is 0 Å². The van der Waals surface area contributed by atoms with Gasteiger partial charge >= 0.3 is 0 Å². The van der Waals surface area contributed by atoms with Gasteiger partial charge in [0.1, 0.15) is 4.75 Å². The maximum atomic E-state index is 12.8. The van der Waals surface area contributed by atoms with Crippen LogP contribution in [-0.4, -0.2) is 38.5 Å². The minimum absolute atomic E-state index is 0.0109. The van der Waals surface area contributed by atoms with Gasteiger partial charge in [0.25, 0.3) is 0 Å². The minimum atomic E-state index is -1.29. The second-order valence-electron chi connectivity index (χ2n) is 7.78. The average Bonchev–Trinajstić information content (AvgIpc) is 3.04. The maximum absolute atomic E-state index is 12.8. The third kappa shape index (κ3) is 4.70. The van der Waals surface area contributed by atoms with E-state index in [1.165, 1.54) is 0 Å². The van der Waals surface area contributed by atoms with Crippen LogP contribution in [0.25, 0.3) is 0 Å². The first-order valence-corrected chi connectivity index (χ1v) is 10.2. The fraction of sp³-hybridized carbons (Fsp3) is 0.778. The molecule has 1 aliphatic rings. The lowest BCUT2D eigenvalue weighted by molar-refractivity contribution is -0.117. The first-order chi connectivity index (χ1) is 11.7. The highest BCUT2D eigenvalue weighted by molar-refractivity contribution is 7.87. The lowest BCUT2D eigenvalue weighted by Crippen LogP contribution is -2.46. The molecular weight excluding hydrogens is 340 g/mol. The zero-order valence-electron chi connectivity index (χ0n) is 15.9. The van der Waals surface area contributed by atoms with Gasteiger partial charge in [0.05, 0.1) is 5.69 Å². The number of nitrogens with zero attached hydrogens (tertiary/aromatic N) is 1. The summed E-state index contributed by atoms with van der Waals surface area (Å²) in [5, 5.41) is 6.83. The molecule has 25 heavy (non-hydrogen) atoms. The number of carbonyl (C=O) groups excluding carboxylic acids is 1. The molecule has 1 amide bonds. The first-order valence-electron chi connectivity index (χ1n) is 8.95. The molecule has 1 unspecified atom stereocenters. The van der Waals surface area contributed by atoms with Crippen molar-refractivity contribution in [3.05, 3.63) is 11.8 Å². The van der Waals surface area contributed by atoms with Crippen LogP contribution >= 0.6 is 0 Å². The minimum Gasteiger partial charge on any atom is -0.381 e. The molecule has 0 saturated carbocycles. The van der Waals surface area contributed by atoms with E-state index in [0.29, 0.717) is 19.1 Å². The predicted molar refractivity (Wildman–Crippen MR) is 99.1 cm³/mol. The lowest BCUT2D eigenvalue weighted by Gasteiger charge is -2.29. The van der Waals surface area contributed by atoms with Crippen LogP contribution in [0.3, 0.4) is 0 Å². The van der Waals surface area contributed by atoms with Crippen LogP contribution in [0.15, 0.2) is 10.6 Å².